The zero-order chi connectivity index (χ0) is 23.5. The molecule has 0 bridgehead atoms. The minimum Gasteiger partial charge on any atom is -0.493 e. The molecule has 0 heterocycles. The summed E-state index contributed by atoms with van der Waals surface area (Å²) in [6.07, 6.45) is -5.50. The summed E-state index contributed by atoms with van der Waals surface area (Å²) in [5.41, 5.74) is 1.10. The van der Waals surface area contributed by atoms with Gasteiger partial charge in [-0.25, -0.2) is 0 Å². The van der Waals surface area contributed by atoms with Crippen molar-refractivity contribution < 1.29 is 32.7 Å². The highest BCUT2D eigenvalue weighted by Gasteiger charge is 2.30. The maximum absolute atomic E-state index is 12.7. The van der Waals surface area contributed by atoms with Gasteiger partial charge in [0, 0.05) is 12.0 Å². The van der Waals surface area contributed by atoms with Crippen molar-refractivity contribution in [3.8, 4) is 22.6 Å². The molecule has 6 nitrogen and oxygen atoms in total. The van der Waals surface area contributed by atoms with Crippen LogP contribution in [0.4, 0.5) is 18.9 Å². The van der Waals surface area contributed by atoms with E-state index in [1.807, 2.05) is 0 Å². The second-order valence-electron chi connectivity index (χ2n) is 7.01. The van der Waals surface area contributed by atoms with Crippen molar-refractivity contribution in [3.63, 3.8) is 0 Å². The Labute approximate surface area is 182 Å². The summed E-state index contributed by atoms with van der Waals surface area (Å²) in [6.45, 7) is 0. The molecule has 0 aliphatic rings. The van der Waals surface area contributed by atoms with Crippen molar-refractivity contribution in [2.45, 2.75) is 18.7 Å². The van der Waals surface area contributed by atoms with Gasteiger partial charge in [0.1, 0.15) is 0 Å². The lowest BCUT2D eigenvalue weighted by molar-refractivity contribution is -0.385. The van der Waals surface area contributed by atoms with E-state index in [1.165, 1.54) is 38.5 Å². The van der Waals surface area contributed by atoms with Crippen LogP contribution in [-0.2, 0) is 12.6 Å². The second-order valence-corrected chi connectivity index (χ2v) is 7.01. The van der Waals surface area contributed by atoms with E-state index in [9.17, 15) is 28.4 Å². The van der Waals surface area contributed by atoms with Gasteiger partial charge in [0.05, 0.1) is 36.9 Å². The molecule has 3 aromatic carbocycles. The number of halogens is 3. The molecular formula is C23H20F3NO5. The molecule has 3 rings (SSSR count). The van der Waals surface area contributed by atoms with Gasteiger partial charge in [0.15, 0.2) is 11.5 Å². The number of aliphatic hydroxyl groups is 1. The zero-order valence-electron chi connectivity index (χ0n) is 17.2. The first kappa shape index (κ1) is 23.1. The molecule has 0 spiro atoms. The summed E-state index contributed by atoms with van der Waals surface area (Å²) < 4.78 is 48.5. The van der Waals surface area contributed by atoms with Gasteiger partial charge in [-0.05, 0) is 34.9 Å². The Morgan fingerprint density at radius 1 is 0.938 bits per heavy atom. The van der Waals surface area contributed by atoms with E-state index in [1.54, 1.807) is 24.3 Å². The SMILES string of the molecule is COc1cc(CC(O)c2ccc(-c3ccc(C(F)(F)F)cc3)cc2)c([N+](=O)[O-])cc1OC. The first-order valence-corrected chi connectivity index (χ1v) is 9.49. The Hall–Kier alpha value is -3.59. The normalized spacial score (nSPS) is 12.3. The highest BCUT2D eigenvalue weighted by molar-refractivity contribution is 5.64. The molecule has 0 fully saturated rings. The Kier molecular flexibility index (Phi) is 6.69. The molecule has 0 aliphatic carbocycles. The molecule has 1 atom stereocenters. The van der Waals surface area contributed by atoms with Gasteiger partial charge in [-0.3, -0.25) is 10.1 Å². The third-order valence-electron chi connectivity index (χ3n) is 5.04. The predicted octanol–water partition coefficient (Wildman–Crippen LogP) is 5.57. The molecule has 32 heavy (non-hydrogen) atoms. The van der Waals surface area contributed by atoms with Crippen LogP contribution < -0.4 is 9.47 Å². The van der Waals surface area contributed by atoms with Crippen LogP contribution in [0, 0.1) is 10.1 Å². The first-order chi connectivity index (χ1) is 15.1. The first-order valence-electron chi connectivity index (χ1n) is 9.49. The molecule has 0 aromatic heterocycles. The highest BCUT2D eigenvalue weighted by Crippen LogP contribution is 2.37. The van der Waals surface area contributed by atoms with Crippen molar-refractivity contribution in [1.82, 2.24) is 0 Å². The standard InChI is InChI=1S/C23H20F3NO5/c1-31-21-12-17(19(27(29)30)13-22(21)32-2)11-20(28)16-5-3-14(4-6-16)15-7-9-18(10-8-15)23(24,25)26/h3-10,12-13,20,28H,11H2,1-2H3. The van der Waals surface area contributed by atoms with Crippen molar-refractivity contribution in [2.24, 2.45) is 0 Å². The number of benzene rings is 3. The van der Waals surface area contributed by atoms with E-state index >= 15 is 0 Å². The number of alkyl halides is 3. The lowest BCUT2D eigenvalue weighted by atomic mass is 9.97. The van der Waals surface area contributed by atoms with Crippen LogP contribution in [0.2, 0.25) is 0 Å². The van der Waals surface area contributed by atoms with Crippen molar-refractivity contribution in [3.05, 3.63) is 87.5 Å². The topological polar surface area (TPSA) is 81.8 Å². The highest BCUT2D eigenvalue weighted by atomic mass is 19.4. The fraction of sp³-hybridized carbons (Fsp3) is 0.217. The number of hydrogen-bond acceptors (Lipinski definition) is 5. The Bertz CT molecular complexity index is 1100. The lowest BCUT2D eigenvalue weighted by Gasteiger charge is -2.15. The zero-order valence-corrected chi connectivity index (χ0v) is 17.2. The van der Waals surface area contributed by atoms with Gasteiger partial charge in [-0.1, -0.05) is 36.4 Å². The molecule has 1 unspecified atom stereocenters. The number of nitro groups is 1. The van der Waals surface area contributed by atoms with Gasteiger partial charge in [0.2, 0.25) is 0 Å². The van der Waals surface area contributed by atoms with E-state index in [0.717, 1.165) is 12.1 Å². The third kappa shape index (κ3) is 5.00. The molecule has 0 amide bonds. The molecule has 3 aromatic rings. The number of hydrogen-bond donors (Lipinski definition) is 1. The summed E-state index contributed by atoms with van der Waals surface area (Å²) in [6, 6.07) is 14.1. The molecule has 9 heteroatoms. The number of methoxy groups -OCH3 is 2. The maximum Gasteiger partial charge on any atom is 0.416 e. The molecular weight excluding hydrogens is 427 g/mol. The minimum absolute atomic E-state index is 0.0453. The van der Waals surface area contributed by atoms with Crippen molar-refractivity contribution >= 4 is 5.69 Å². The van der Waals surface area contributed by atoms with Crippen molar-refractivity contribution in [1.29, 1.82) is 0 Å². The summed E-state index contributed by atoms with van der Waals surface area (Å²) in [5, 5.41) is 22.1. The lowest BCUT2D eigenvalue weighted by Crippen LogP contribution is -2.06. The van der Waals surface area contributed by atoms with Gasteiger partial charge in [-0.15, -0.1) is 0 Å². The molecule has 0 saturated heterocycles. The molecule has 0 aliphatic heterocycles. The van der Waals surface area contributed by atoms with E-state index < -0.39 is 22.8 Å². The van der Waals surface area contributed by atoms with E-state index in [2.05, 4.69) is 0 Å². The second kappa shape index (κ2) is 9.27. The third-order valence-corrected chi connectivity index (χ3v) is 5.04. The number of ether oxygens (including phenoxy) is 2. The van der Waals surface area contributed by atoms with E-state index in [-0.39, 0.29) is 23.4 Å². The summed E-state index contributed by atoms with van der Waals surface area (Å²) >= 11 is 0. The summed E-state index contributed by atoms with van der Waals surface area (Å²) in [7, 11) is 2.78. The van der Waals surface area contributed by atoms with Gasteiger partial charge in [-0.2, -0.15) is 13.2 Å². The van der Waals surface area contributed by atoms with Crippen LogP contribution in [0.3, 0.4) is 0 Å². The van der Waals surface area contributed by atoms with Gasteiger partial charge >= 0.3 is 6.18 Å². The summed E-state index contributed by atoms with van der Waals surface area (Å²) in [5.74, 6) is 0.510. The smallest absolute Gasteiger partial charge is 0.416 e. The fourth-order valence-electron chi connectivity index (χ4n) is 3.32. The average Bonchev–Trinajstić information content (AvgIpc) is 2.78. The van der Waals surface area contributed by atoms with Crippen LogP contribution in [0.25, 0.3) is 11.1 Å². The van der Waals surface area contributed by atoms with Crippen LogP contribution in [0.15, 0.2) is 60.7 Å². The van der Waals surface area contributed by atoms with Crippen molar-refractivity contribution in [2.75, 3.05) is 14.2 Å². The Morgan fingerprint density at radius 2 is 1.44 bits per heavy atom. The average molecular weight is 447 g/mol. The van der Waals surface area contributed by atoms with Crippen LogP contribution in [0.1, 0.15) is 22.8 Å². The number of aliphatic hydroxyl groups excluding tert-OH is 1. The monoisotopic (exact) mass is 447 g/mol. The molecule has 0 radical (unpaired) electrons. The quantitative estimate of drug-likeness (QED) is 0.378. The van der Waals surface area contributed by atoms with Gasteiger partial charge in [0.25, 0.3) is 5.69 Å². The van der Waals surface area contributed by atoms with E-state index in [4.69, 9.17) is 9.47 Å². The van der Waals surface area contributed by atoms with Crippen LogP contribution in [-0.4, -0.2) is 24.2 Å². The van der Waals surface area contributed by atoms with Crippen LogP contribution in [0.5, 0.6) is 11.5 Å². The Balaban J connectivity index is 1.82. The van der Waals surface area contributed by atoms with Gasteiger partial charge < -0.3 is 14.6 Å². The largest absolute Gasteiger partial charge is 0.493 e. The van der Waals surface area contributed by atoms with E-state index in [0.29, 0.717) is 22.4 Å². The number of nitrogens with zero attached hydrogens (tertiary/aromatic N) is 1. The molecule has 0 saturated carbocycles. The maximum atomic E-state index is 12.7. The molecule has 1 N–H and O–H groups in total. The minimum atomic E-state index is -4.40. The number of nitro benzene ring substituents is 1. The molecule has 168 valence electrons. The fourth-order valence-corrected chi connectivity index (χ4v) is 3.32. The predicted molar refractivity (Wildman–Crippen MR) is 112 cm³/mol. The number of rotatable bonds is 7. The van der Waals surface area contributed by atoms with Crippen LogP contribution >= 0.6 is 0 Å². The Morgan fingerprint density at radius 3 is 1.91 bits per heavy atom. The summed E-state index contributed by atoms with van der Waals surface area (Å²) in [4.78, 5) is 10.9.